The van der Waals surface area contributed by atoms with Crippen LogP contribution in [0.3, 0.4) is 0 Å². The van der Waals surface area contributed by atoms with Crippen molar-refractivity contribution in [3.8, 4) is 11.5 Å². The monoisotopic (exact) mass is 384 g/mol. The summed E-state index contributed by atoms with van der Waals surface area (Å²) in [6.45, 7) is 12.1. The average Bonchev–Trinajstić information content (AvgIpc) is 2.69. The van der Waals surface area contributed by atoms with E-state index in [4.69, 9.17) is 9.47 Å². The first-order valence-electron chi connectivity index (χ1n) is 9.97. The molecule has 5 nitrogen and oxygen atoms in total. The molecule has 2 aromatic rings. The molecule has 0 unspecified atom stereocenters. The molecule has 5 heteroatoms. The zero-order valence-electron chi connectivity index (χ0n) is 17.5. The van der Waals surface area contributed by atoms with E-state index in [0.717, 1.165) is 36.5 Å². The van der Waals surface area contributed by atoms with E-state index in [1.165, 1.54) is 0 Å². The first kappa shape index (κ1) is 21.8. The van der Waals surface area contributed by atoms with Crippen LogP contribution in [0.4, 0.5) is 5.69 Å². The Bertz CT molecular complexity index is 757. The fraction of sp³-hybridized carbons (Fsp3) is 0.435. The van der Waals surface area contributed by atoms with E-state index in [1.807, 2.05) is 56.3 Å². The van der Waals surface area contributed by atoms with Crippen molar-refractivity contribution in [3.63, 3.8) is 0 Å². The molecule has 0 aliphatic heterocycles. The van der Waals surface area contributed by atoms with Crippen LogP contribution in [0, 0.1) is 13.8 Å². The van der Waals surface area contributed by atoms with Crippen molar-refractivity contribution < 1.29 is 14.3 Å². The summed E-state index contributed by atoms with van der Waals surface area (Å²) in [4.78, 5) is 14.6. The number of hydrogen-bond acceptors (Lipinski definition) is 4. The highest BCUT2D eigenvalue weighted by Crippen LogP contribution is 2.24. The van der Waals surface area contributed by atoms with Gasteiger partial charge in [-0.25, -0.2) is 0 Å². The average molecular weight is 385 g/mol. The molecule has 0 bridgehead atoms. The first-order valence-corrected chi connectivity index (χ1v) is 9.97. The van der Waals surface area contributed by atoms with Gasteiger partial charge in [-0.05, 0) is 56.3 Å². The molecule has 0 spiro atoms. The minimum absolute atomic E-state index is 0.0925. The van der Waals surface area contributed by atoms with Crippen LogP contribution in [-0.2, 0) is 4.79 Å². The molecular weight excluding hydrogens is 352 g/mol. The molecule has 152 valence electrons. The molecule has 0 saturated carbocycles. The van der Waals surface area contributed by atoms with Crippen molar-refractivity contribution in [3.05, 3.63) is 53.6 Å². The molecule has 0 heterocycles. The largest absolute Gasteiger partial charge is 0.493 e. The van der Waals surface area contributed by atoms with Gasteiger partial charge in [0.2, 0.25) is 5.91 Å². The van der Waals surface area contributed by atoms with Crippen LogP contribution in [0.2, 0.25) is 0 Å². The summed E-state index contributed by atoms with van der Waals surface area (Å²) in [5, 5.41) is 2.93. The maximum Gasteiger partial charge on any atom is 0.227 e. The number of amides is 1. The van der Waals surface area contributed by atoms with Crippen molar-refractivity contribution in [1.82, 2.24) is 4.90 Å². The summed E-state index contributed by atoms with van der Waals surface area (Å²) < 4.78 is 11.7. The smallest absolute Gasteiger partial charge is 0.227 e. The Morgan fingerprint density at radius 3 is 2.43 bits per heavy atom. The van der Waals surface area contributed by atoms with E-state index in [-0.39, 0.29) is 12.3 Å². The van der Waals surface area contributed by atoms with Gasteiger partial charge in [-0.1, -0.05) is 38.1 Å². The van der Waals surface area contributed by atoms with Gasteiger partial charge in [0.1, 0.15) is 18.1 Å². The normalized spacial score (nSPS) is 10.8. The van der Waals surface area contributed by atoms with Gasteiger partial charge < -0.3 is 19.7 Å². The Balaban J connectivity index is 1.83. The van der Waals surface area contributed by atoms with Crippen molar-refractivity contribution in [2.24, 2.45) is 0 Å². The number of likely N-dealkylation sites (N-methyl/N-ethyl adjacent to an activating group) is 1. The molecule has 0 radical (unpaired) electrons. The number of rotatable bonds is 11. The van der Waals surface area contributed by atoms with Crippen LogP contribution in [-0.4, -0.2) is 43.7 Å². The second-order valence-corrected chi connectivity index (χ2v) is 6.79. The lowest BCUT2D eigenvalue weighted by atomic mass is 10.1. The van der Waals surface area contributed by atoms with Gasteiger partial charge in [-0.3, -0.25) is 4.79 Å². The third-order valence-corrected chi connectivity index (χ3v) is 4.65. The van der Waals surface area contributed by atoms with Crippen LogP contribution in [0.25, 0.3) is 0 Å². The standard InChI is InChI=1S/C23H32N2O3/c1-5-25(6-2)14-16-28-21-10-8-7-9-20(21)24-23(26)13-15-27-22-17-18(3)11-12-19(22)4/h7-12,17H,5-6,13-16H2,1-4H3,(H,24,26). The highest BCUT2D eigenvalue weighted by Gasteiger charge is 2.09. The van der Waals surface area contributed by atoms with E-state index in [0.29, 0.717) is 24.7 Å². The lowest BCUT2D eigenvalue weighted by Crippen LogP contribution is -2.28. The Kier molecular flexibility index (Phi) is 8.82. The number of anilines is 1. The molecular formula is C23H32N2O3. The van der Waals surface area contributed by atoms with Crippen LogP contribution < -0.4 is 14.8 Å². The quantitative estimate of drug-likeness (QED) is 0.623. The summed E-state index contributed by atoms with van der Waals surface area (Å²) in [6, 6.07) is 13.6. The van der Waals surface area contributed by atoms with E-state index >= 15 is 0 Å². The summed E-state index contributed by atoms with van der Waals surface area (Å²) in [5.74, 6) is 1.43. The molecule has 0 aliphatic carbocycles. The molecule has 0 aromatic heterocycles. The molecule has 0 atom stereocenters. The highest BCUT2D eigenvalue weighted by atomic mass is 16.5. The molecule has 1 amide bonds. The Morgan fingerprint density at radius 2 is 1.68 bits per heavy atom. The van der Waals surface area contributed by atoms with E-state index < -0.39 is 0 Å². The zero-order valence-corrected chi connectivity index (χ0v) is 17.5. The molecule has 2 rings (SSSR count). The molecule has 2 aromatic carbocycles. The van der Waals surface area contributed by atoms with Gasteiger partial charge in [0.05, 0.1) is 18.7 Å². The number of nitrogens with zero attached hydrogens (tertiary/aromatic N) is 1. The number of carbonyl (C=O) groups is 1. The number of aryl methyl sites for hydroxylation is 2. The number of ether oxygens (including phenoxy) is 2. The second kappa shape index (κ2) is 11.3. The fourth-order valence-electron chi connectivity index (χ4n) is 2.85. The van der Waals surface area contributed by atoms with Gasteiger partial charge in [0.25, 0.3) is 0 Å². The Morgan fingerprint density at radius 1 is 0.964 bits per heavy atom. The second-order valence-electron chi connectivity index (χ2n) is 6.79. The number of hydrogen-bond donors (Lipinski definition) is 1. The van der Waals surface area contributed by atoms with Gasteiger partial charge in [-0.15, -0.1) is 0 Å². The van der Waals surface area contributed by atoms with Gasteiger partial charge in [0.15, 0.2) is 0 Å². The predicted octanol–water partition coefficient (Wildman–Crippen LogP) is 4.43. The third-order valence-electron chi connectivity index (χ3n) is 4.65. The lowest BCUT2D eigenvalue weighted by Gasteiger charge is -2.19. The van der Waals surface area contributed by atoms with Gasteiger partial charge in [-0.2, -0.15) is 0 Å². The molecule has 1 N–H and O–H groups in total. The maximum atomic E-state index is 12.3. The van der Waals surface area contributed by atoms with Crippen molar-refractivity contribution in [2.45, 2.75) is 34.1 Å². The maximum absolute atomic E-state index is 12.3. The van der Waals surface area contributed by atoms with Gasteiger partial charge in [0, 0.05) is 6.54 Å². The zero-order chi connectivity index (χ0) is 20.4. The minimum Gasteiger partial charge on any atom is -0.493 e. The molecule has 0 saturated heterocycles. The molecule has 0 aliphatic rings. The predicted molar refractivity (Wildman–Crippen MR) is 114 cm³/mol. The first-order chi connectivity index (χ1) is 13.5. The number of nitrogens with one attached hydrogen (secondary N) is 1. The summed E-state index contributed by atoms with van der Waals surface area (Å²) in [6.07, 6.45) is 0.279. The number of benzene rings is 2. The van der Waals surface area contributed by atoms with Crippen LogP contribution in [0.15, 0.2) is 42.5 Å². The number of para-hydroxylation sites is 2. The molecule has 0 fully saturated rings. The summed E-state index contributed by atoms with van der Waals surface area (Å²) in [5.41, 5.74) is 2.90. The topological polar surface area (TPSA) is 50.8 Å². The SMILES string of the molecule is CCN(CC)CCOc1ccccc1NC(=O)CCOc1cc(C)ccc1C. The van der Waals surface area contributed by atoms with E-state index in [1.54, 1.807) is 0 Å². The Hall–Kier alpha value is -2.53. The number of carbonyl (C=O) groups excluding carboxylic acids is 1. The summed E-state index contributed by atoms with van der Waals surface area (Å²) in [7, 11) is 0. The van der Waals surface area contributed by atoms with Crippen molar-refractivity contribution in [1.29, 1.82) is 0 Å². The van der Waals surface area contributed by atoms with E-state index in [2.05, 4.69) is 24.1 Å². The molecule has 28 heavy (non-hydrogen) atoms. The Labute approximate surface area is 168 Å². The van der Waals surface area contributed by atoms with Crippen molar-refractivity contribution in [2.75, 3.05) is 38.2 Å². The van der Waals surface area contributed by atoms with Crippen LogP contribution >= 0.6 is 0 Å². The highest BCUT2D eigenvalue weighted by molar-refractivity contribution is 5.92. The van der Waals surface area contributed by atoms with E-state index in [9.17, 15) is 4.79 Å². The third kappa shape index (κ3) is 6.89. The fourth-order valence-corrected chi connectivity index (χ4v) is 2.85. The van der Waals surface area contributed by atoms with Gasteiger partial charge >= 0.3 is 0 Å². The minimum atomic E-state index is -0.0925. The van der Waals surface area contributed by atoms with Crippen LogP contribution in [0.5, 0.6) is 11.5 Å². The van der Waals surface area contributed by atoms with Crippen molar-refractivity contribution >= 4 is 11.6 Å². The summed E-state index contributed by atoms with van der Waals surface area (Å²) >= 11 is 0. The van der Waals surface area contributed by atoms with Crippen LogP contribution in [0.1, 0.15) is 31.4 Å². The lowest BCUT2D eigenvalue weighted by molar-refractivity contribution is -0.116.